The van der Waals surface area contributed by atoms with Crippen molar-refractivity contribution in [2.24, 2.45) is 0 Å². The summed E-state index contributed by atoms with van der Waals surface area (Å²) in [5, 5.41) is 9.36. The molecule has 1 heterocycles. The van der Waals surface area contributed by atoms with E-state index in [1.165, 1.54) is 17.0 Å². The van der Waals surface area contributed by atoms with Gasteiger partial charge in [-0.3, -0.25) is 9.59 Å². The largest absolute Gasteiger partial charge is 0.497 e. The number of carboxylic acid groups (broad SMARTS) is 1. The number of benzene rings is 3. The number of rotatable bonds is 8. The second-order valence-corrected chi connectivity index (χ2v) is 8.76. The van der Waals surface area contributed by atoms with Crippen LogP contribution in [-0.2, 0) is 24.2 Å². The Morgan fingerprint density at radius 2 is 1.74 bits per heavy atom. The minimum atomic E-state index is -1.08. The number of methoxy groups -OCH3 is 1. The smallest absolute Gasteiger partial charge is 0.323 e. The molecule has 7 heteroatoms. The normalized spacial score (nSPS) is 16.4. The Morgan fingerprint density at radius 1 is 1.06 bits per heavy atom. The van der Waals surface area contributed by atoms with Gasteiger partial charge in [0, 0.05) is 24.9 Å². The van der Waals surface area contributed by atoms with Crippen molar-refractivity contribution in [2.75, 3.05) is 13.7 Å². The molecule has 4 rings (SSSR count). The van der Waals surface area contributed by atoms with Gasteiger partial charge in [0.2, 0.25) is 0 Å². The van der Waals surface area contributed by atoms with Gasteiger partial charge in [0.05, 0.1) is 7.11 Å². The van der Waals surface area contributed by atoms with Crippen LogP contribution in [0.4, 0.5) is 4.39 Å². The number of halogens is 1. The van der Waals surface area contributed by atoms with Crippen molar-refractivity contribution in [3.63, 3.8) is 0 Å². The molecule has 0 fully saturated rings. The highest BCUT2D eigenvalue weighted by atomic mass is 19.1. The lowest BCUT2D eigenvalue weighted by molar-refractivity contribution is -0.137. The van der Waals surface area contributed by atoms with Gasteiger partial charge in [0.15, 0.2) is 0 Å². The van der Waals surface area contributed by atoms with Crippen molar-refractivity contribution in [3.8, 4) is 11.5 Å². The number of aliphatic carboxylic acids is 1. The Labute approximate surface area is 197 Å². The van der Waals surface area contributed by atoms with E-state index in [-0.39, 0.29) is 18.3 Å². The maximum absolute atomic E-state index is 13.3. The summed E-state index contributed by atoms with van der Waals surface area (Å²) < 4.78 is 24.6. The van der Waals surface area contributed by atoms with Gasteiger partial charge >= 0.3 is 5.97 Å². The third-order valence-electron chi connectivity index (χ3n) is 5.87. The van der Waals surface area contributed by atoms with Crippen LogP contribution in [-0.4, -0.2) is 41.1 Å². The highest BCUT2D eigenvalue weighted by Gasteiger charge is 2.35. The van der Waals surface area contributed by atoms with Crippen LogP contribution in [0, 0.1) is 5.82 Å². The Bertz CT molecular complexity index is 1190. The van der Waals surface area contributed by atoms with E-state index >= 15 is 0 Å². The highest BCUT2D eigenvalue weighted by molar-refractivity contribution is 5.96. The third kappa shape index (κ3) is 5.36. The van der Waals surface area contributed by atoms with Crippen LogP contribution in [0.2, 0.25) is 0 Å². The van der Waals surface area contributed by atoms with Gasteiger partial charge < -0.3 is 19.5 Å². The van der Waals surface area contributed by atoms with E-state index < -0.39 is 18.1 Å². The minimum Gasteiger partial charge on any atom is -0.497 e. The molecule has 0 unspecified atom stereocenters. The fraction of sp³-hybridized carbons (Fsp3) is 0.259. The number of amides is 1. The molecule has 0 spiro atoms. The SMILES string of the molecule is COc1ccc(CN(CC(=O)O)C(=O)c2ccc3c(c2)C[C@@](C)(Cc2ccc(F)cc2)O3)cc1. The van der Waals surface area contributed by atoms with Gasteiger partial charge in [-0.25, -0.2) is 4.39 Å². The summed E-state index contributed by atoms with van der Waals surface area (Å²) in [6, 6.07) is 18.7. The molecule has 0 aliphatic carbocycles. The molecule has 176 valence electrons. The molecule has 6 nitrogen and oxygen atoms in total. The molecule has 1 atom stereocenters. The summed E-state index contributed by atoms with van der Waals surface area (Å²) in [6.45, 7) is 1.73. The molecule has 0 radical (unpaired) electrons. The third-order valence-corrected chi connectivity index (χ3v) is 5.87. The molecule has 1 amide bonds. The molecule has 34 heavy (non-hydrogen) atoms. The lowest BCUT2D eigenvalue weighted by Crippen LogP contribution is -2.35. The second-order valence-electron chi connectivity index (χ2n) is 8.76. The van der Waals surface area contributed by atoms with Gasteiger partial charge in [-0.05, 0) is 66.1 Å². The zero-order chi connectivity index (χ0) is 24.3. The van der Waals surface area contributed by atoms with Crippen molar-refractivity contribution in [2.45, 2.75) is 31.9 Å². The number of hydrogen-bond acceptors (Lipinski definition) is 4. The van der Waals surface area contributed by atoms with E-state index in [1.54, 1.807) is 61.7 Å². The van der Waals surface area contributed by atoms with E-state index in [1.807, 2.05) is 6.92 Å². The number of carbonyl (C=O) groups excluding carboxylic acids is 1. The van der Waals surface area contributed by atoms with Crippen LogP contribution in [0.1, 0.15) is 34.0 Å². The minimum absolute atomic E-state index is 0.158. The Kier molecular flexibility index (Phi) is 6.54. The summed E-state index contributed by atoms with van der Waals surface area (Å²) in [7, 11) is 1.57. The number of nitrogens with zero attached hydrogens (tertiary/aromatic N) is 1. The lowest BCUT2D eigenvalue weighted by atomic mass is 9.91. The molecule has 3 aromatic rings. The standard InChI is InChI=1S/C27H26FNO5/c1-27(14-18-3-8-22(28)9-4-18)15-21-13-20(7-12-24(21)34-27)26(32)29(17-25(30)31)16-19-5-10-23(33-2)11-6-19/h3-13H,14-17H2,1-2H3,(H,30,31)/t27-/m1/s1. The number of fused-ring (bicyclic) bond motifs is 1. The molecule has 0 saturated heterocycles. The van der Waals surface area contributed by atoms with E-state index in [2.05, 4.69) is 0 Å². The van der Waals surface area contributed by atoms with Crippen LogP contribution >= 0.6 is 0 Å². The number of carboxylic acids is 1. The number of hydrogen-bond donors (Lipinski definition) is 1. The highest BCUT2D eigenvalue weighted by Crippen LogP contribution is 2.37. The van der Waals surface area contributed by atoms with Crippen LogP contribution in [0.3, 0.4) is 0 Å². The van der Waals surface area contributed by atoms with Crippen LogP contribution < -0.4 is 9.47 Å². The predicted molar refractivity (Wildman–Crippen MR) is 125 cm³/mol. The number of carbonyl (C=O) groups is 2. The fourth-order valence-electron chi connectivity index (χ4n) is 4.28. The Balaban J connectivity index is 1.51. The average molecular weight is 464 g/mol. The van der Waals surface area contributed by atoms with Gasteiger partial charge in [0.1, 0.15) is 29.5 Å². The summed E-state index contributed by atoms with van der Waals surface area (Å²) in [6.07, 6.45) is 1.17. The summed E-state index contributed by atoms with van der Waals surface area (Å²) in [4.78, 5) is 26.0. The average Bonchev–Trinajstić information content (AvgIpc) is 3.14. The van der Waals surface area contributed by atoms with Crippen molar-refractivity contribution in [1.29, 1.82) is 0 Å². The second kappa shape index (κ2) is 9.55. The molecular weight excluding hydrogens is 437 g/mol. The molecule has 1 aliphatic rings. The topological polar surface area (TPSA) is 76.1 Å². The maximum Gasteiger partial charge on any atom is 0.323 e. The zero-order valence-corrected chi connectivity index (χ0v) is 19.1. The first-order valence-corrected chi connectivity index (χ1v) is 10.9. The molecule has 0 bridgehead atoms. The first-order chi connectivity index (χ1) is 16.2. The van der Waals surface area contributed by atoms with Crippen molar-refractivity contribution < 1.29 is 28.6 Å². The first kappa shape index (κ1) is 23.3. The van der Waals surface area contributed by atoms with Gasteiger partial charge in [0.25, 0.3) is 5.91 Å². The van der Waals surface area contributed by atoms with E-state index in [9.17, 15) is 19.1 Å². The van der Waals surface area contributed by atoms with Crippen LogP contribution in [0.15, 0.2) is 66.7 Å². The molecular formula is C27H26FNO5. The fourth-order valence-corrected chi connectivity index (χ4v) is 4.28. The van der Waals surface area contributed by atoms with E-state index in [4.69, 9.17) is 9.47 Å². The van der Waals surface area contributed by atoms with Gasteiger partial charge in [-0.2, -0.15) is 0 Å². The van der Waals surface area contributed by atoms with Crippen molar-refractivity contribution >= 4 is 11.9 Å². The van der Waals surface area contributed by atoms with Crippen LogP contribution in [0.25, 0.3) is 0 Å². The summed E-state index contributed by atoms with van der Waals surface area (Å²) in [5.74, 6) is -0.358. The molecule has 1 aliphatic heterocycles. The lowest BCUT2D eigenvalue weighted by Gasteiger charge is -2.24. The first-order valence-electron chi connectivity index (χ1n) is 10.9. The molecule has 3 aromatic carbocycles. The zero-order valence-electron chi connectivity index (χ0n) is 19.1. The molecule has 1 N–H and O–H groups in total. The summed E-state index contributed by atoms with van der Waals surface area (Å²) >= 11 is 0. The van der Waals surface area contributed by atoms with Gasteiger partial charge in [-0.15, -0.1) is 0 Å². The molecule has 0 saturated carbocycles. The van der Waals surface area contributed by atoms with Crippen LogP contribution in [0.5, 0.6) is 11.5 Å². The van der Waals surface area contributed by atoms with Crippen molar-refractivity contribution in [3.05, 3.63) is 94.8 Å². The monoisotopic (exact) mass is 463 g/mol. The quantitative estimate of drug-likeness (QED) is 0.533. The molecule has 0 aromatic heterocycles. The number of ether oxygens (including phenoxy) is 2. The maximum atomic E-state index is 13.3. The summed E-state index contributed by atoms with van der Waals surface area (Å²) in [5.41, 5.74) is 2.52. The van der Waals surface area contributed by atoms with E-state index in [0.717, 1.165) is 16.7 Å². The predicted octanol–water partition coefficient (Wildman–Crippen LogP) is 4.50. The van der Waals surface area contributed by atoms with Gasteiger partial charge in [-0.1, -0.05) is 24.3 Å². The van der Waals surface area contributed by atoms with Crippen molar-refractivity contribution in [1.82, 2.24) is 4.90 Å². The van der Waals surface area contributed by atoms with E-state index in [0.29, 0.717) is 29.9 Å². The Morgan fingerprint density at radius 3 is 2.38 bits per heavy atom. The Hall–Kier alpha value is -3.87.